The highest BCUT2D eigenvalue weighted by Crippen LogP contribution is 1.98. The van der Waals surface area contributed by atoms with Gasteiger partial charge in [-0.05, 0) is 6.07 Å². The number of rotatable bonds is 0. The maximum atomic E-state index is 11.2. The molecule has 0 aliphatic carbocycles. The third kappa shape index (κ3) is 1.18. The minimum atomic E-state index is -0.546. The van der Waals surface area contributed by atoms with Crippen LogP contribution in [-0.4, -0.2) is 17.8 Å². The molecule has 4 nitrogen and oxygen atoms in total. The Morgan fingerprint density at radius 3 is 2.69 bits per heavy atom. The average Bonchev–Trinajstić information content (AvgIpc) is 2.07. The molecule has 2 rings (SSSR count). The number of aromatic nitrogens is 2. The van der Waals surface area contributed by atoms with Gasteiger partial charge in [-0.3, -0.25) is 9.78 Å². The molecule has 0 atom stereocenters. The van der Waals surface area contributed by atoms with Crippen LogP contribution in [0.25, 0.3) is 10.9 Å². The molecule has 0 aliphatic heterocycles. The summed E-state index contributed by atoms with van der Waals surface area (Å²) in [5.74, 6) is 0. The van der Waals surface area contributed by atoms with Gasteiger partial charge in [0, 0.05) is 5.52 Å². The molecule has 2 radical (unpaired) electrons. The van der Waals surface area contributed by atoms with Crippen molar-refractivity contribution in [2.24, 2.45) is 0 Å². The lowest BCUT2D eigenvalue weighted by atomic mass is 9.94. The molecule has 2 aromatic rings. The summed E-state index contributed by atoms with van der Waals surface area (Å²) in [6, 6.07) is 4.88. The third-order valence-electron chi connectivity index (χ3n) is 1.81. The second-order valence-corrected chi connectivity index (χ2v) is 2.68. The first-order chi connectivity index (χ1) is 6.18. The number of fused-ring (bicyclic) bond motifs is 1. The van der Waals surface area contributed by atoms with Crippen molar-refractivity contribution in [1.82, 2.24) is 9.97 Å². The van der Waals surface area contributed by atoms with E-state index in [0.29, 0.717) is 16.4 Å². The van der Waals surface area contributed by atoms with Crippen LogP contribution in [0, 0.1) is 0 Å². The molecular formula is C8H5BN2O2. The summed E-state index contributed by atoms with van der Waals surface area (Å²) in [4.78, 5) is 26.7. The Balaban J connectivity index is 3.12. The Morgan fingerprint density at radius 1 is 1.15 bits per heavy atom. The van der Waals surface area contributed by atoms with E-state index < -0.39 is 11.2 Å². The number of hydrogen-bond donors (Lipinski definition) is 2. The Labute approximate surface area is 74.0 Å². The van der Waals surface area contributed by atoms with E-state index in [2.05, 4.69) is 9.97 Å². The van der Waals surface area contributed by atoms with Crippen molar-refractivity contribution >= 4 is 24.2 Å². The Hall–Kier alpha value is -1.78. The molecule has 0 saturated heterocycles. The fourth-order valence-electron chi connectivity index (χ4n) is 1.21. The fraction of sp³-hybridized carbons (Fsp3) is 0. The van der Waals surface area contributed by atoms with Gasteiger partial charge in [0.15, 0.2) is 0 Å². The minimum Gasteiger partial charge on any atom is -0.307 e. The number of benzene rings is 1. The highest BCUT2D eigenvalue weighted by atomic mass is 16.2. The fourth-order valence-corrected chi connectivity index (χ4v) is 1.21. The number of aromatic amines is 2. The summed E-state index contributed by atoms with van der Waals surface area (Å²) in [5, 5.41) is 0.389. The SMILES string of the molecule is [B]c1cccc2c(=O)[nH]c(=O)[nH]c12. The van der Waals surface area contributed by atoms with Gasteiger partial charge in [0.05, 0.1) is 5.39 Å². The number of H-pyrrole nitrogens is 2. The van der Waals surface area contributed by atoms with Crippen LogP contribution in [0.3, 0.4) is 0 Å². The quantitative estimate of drug-likeness (QED) is 0.501. The maximum absolute atomic E-state index is 11.2. The number of nitrogens with one attached hydrogen (secondary N) is 2. The van der Waals surface area contributed by atoms with E-state index in [-0.39, 0.29) is 0 Å². The number of para-hydroxylation sites is 1. The molecule has 0 bridgehead atoms. The topological polar surface area (TPSA) is 65.7 Å². The lowest BCUT2D eigenvalue weighted by Crippen LogP contribution is -2.25. The molecule has 0 unspecified atom stereocenters. The van der Waals surface area contributed by atoms with E-state index in [4.69, 9.17) is 7.85 Å². The zero-order valence-electron chi connectivity index (χ0n) is 6.63. The van der Waals surface area contributed by atoms with Gasteiger partial charge in [-0.15, -0.1) is 0 Å². The predicted molar refractivity (Wildman–Crippen MR) is 50.6 cm³/mol. The highest BCUT2D eigenvalue weighted by Gasteiger charge is 2.00. The van der Waals surface area contributed by atoms with Gasteiger partial charge in [0.1, 0.15) is 7.85 Å². The maximum Gasteiger partial charge on any atom is 0.326 e. The molecule has 0 saturated carbocycles. The van der Waals surface area contributed by atoms with Gasteiger partial charge in [-0.2, -0.15) is 0 Å². The molecule has 13 heavy (non-hydrogen) atoms. The zero-order chi connectivity index (χ0) is 9.42. The van der Waals surface area contributed by atoms with Gasteiger partial charge in [0.2, 0.25) is 0 Å². The lowest BCUT2D eigenvalue weighted by Gasteiger charge is -1.98. The number of hydrogen-bond acceptors (Lipinski definition) is 2. The van der Waals surface area contributed by atoms with E-state index in [0.717, 1.165) is 0 Å². The first-order valence-corrected chi connectivity index (χ1v) is 3.69. The minimum absolute atomic E-state index is 0.385. The van der Waals surface area contributed by atoms with Crippen molar-refractivity contribution in [2.45, 2.75) is 0 Å². The van der Waals surface area contributed by atoms with E-state index in [1.165, 1.54) is 0 Å². The molecule has 0 spiro atoms. The molecule has 0 amide bonds. The van der Waals surface area contributed by atoms with Gasteiger partial charge >= 0.3 is 5.69 Å². The molecule has 2 N–H and O–H groups in total. The van der Waals surface area contributed by atoms with Crippen LogP contribution in [0.4, 0.5) is 0 Å². The Bertz CT molecular complexity index is 570. The van der Waals surface area contributed by atoms with Crippen LogP contribution in [0.15, 0.2) is 27.8 Å². The standard InChI is InChI=1S/C8H5BN2O2/c9-5-3-1-2-4-6(5)10-8(13)11-7(4)12/h1-3H,(H2,10,11,12,13). The van der Waals surface area contributed by atoms with Crippen LogP contribution in [0.2, 0.25) is 0 Å². The Kier molecular flexibility index (Phi) is 1.58. The smallest absolute Gasteiger partial charge is 0.307 e. The molecule has 1 heterocycles. The van der Waals surface area contributed by atoms with Crippen molar-refractivity contribution in [3.63, 3.8) is 0 Å². The van der Waals surface area contributed by atoms with Crippen LogP contribution < -0.4 is 16.7 Å². The monoisotopic (exact) mass is 172 g/mol. The van der Waals surface area contributed by atoms with Crippen LogP contribution >= 0.6 is 0 Å². The first-order valence-electron chi connectivity index (χ1n) is 3.69. The third-order valence-corrected chi connectivity index (χ3v) is 1.81. The van der Waals surface area contributed by atoms with Crippen molar-refractivity contribution in [3.8, 4) is 0 Å². The first kappa shape index (κ1) is 7.85. The average molecular weight is 172 g/mol. The Morgan fingerprint density at radius 2 is 1.92 bits per heavy atom. The second kappa shape index (κ2) is 2.62. The summed E-state index contributed by atoms with van der Waals surface area (Å²) in [6.45, 7) is 0. The second-order valence-electron chi connectivity index (χ2n) is 2.68. The largest absolute Gasteiger partial charge is 0.326 e. The van der Waals surface area contributed by atoms with Crippen molar-refractivity contribution < 1.29 is 0 Å². The lowest BCUT2D eigenvalue weighted by molar-refractivity contribution is 1.08. The normalized spacial score (nSPS) is 10.5. The summed E-state index contributed by atoms with van der Waals surface area (Å²) in [6.07, 6.45) is 0. The molecule has 0 aliphatic rings. The van der Waals surface area contributed by atoms with Crippen molar-refractivity contribution in [2.75, 3.05) is 0 Å². The summed E-state index contributed by atoms with van der Waals surface area (Å²) in [7, 11) is 5.57. The van der Waals surface area contributed by atoms with E-state index in [1.807, 2.05) is 0 Å². The van der Waals surface area contributed by atoms with E-state index >= 15 is 0 Å². The highest BCUT2D eigenvalue weighted by molar-refractivity contribution is 6.38. The summed E-state index contributed by atoms with van der Waals surface area (Å²) >= 11 is 0. The molecule has 62 valence electrons. The zero-order valence-corrected chi connectivity index (χ0v) is 6.63. The summed E-state index contributed by atoms with van der Waals surface area (Å²) < 4.78 is 0. The molecule has 1 aromatic carbocycles. The van der Waals surface area contributed by atoms with E-state index in [1.54, 1.807) is 18.2 Å². The van der Waals surface area contributed by atoms with Crippen LogP contribution in [0.5, 0.6) is 0 Å². The summed E-state index contributed by atoms with van der Waals surface area (Å²) in [5.41, 5.74) is -0.196. The van der Waals surface area contributed by atoms with Crippen LogP contribution in [0.1, 0.15) is 0 Å². The van der Waals surface area contributed by atoms with Gasteiger partial charge in [-0.25, -0.2) is 4.79 Å². The van der Waals surface area contributed by atoms with Gasteiger partial charge in [-0.1, -0.05) is 17.6 Å². The van der Waals surface area contributed by atoms with Crippen molar-refractivity contribution in [3.05, 3.63) is 39.0 Å². The van der Waals surface area contributed by atoms with Crippen LogP contribution in [-0.2, 0) is 0 Å². The molecular weight excluding hydrogens is 167 g/mol. The van der Waals surface area contributed by atoms with Gasteiger partial charge < -0.3 is 4.98 Å². The van der Waals surface area contributed by atoms with E-state index in [9.17, 15) is 9.59 Å². The molecule has 0 fully saturated rings. The van der Waals surface area contributed by atoms with Gasteiger partial charge in [0.25, 0.3) is 5.56 Å². The van der Waals surface area contributed by atoms with Crippen molar-refractivity contribution in [1.29, 1.82) is 0 Å². The molecule has 1 aromatic heterocycles. The molecule has 5 heteroatoms. The predicted octanol–water partition coefficient (Wildman–Crippen LogP) is -0.990.